The molecule has 1 atom stereocenters. The molecule has 19 heavy (non-hydrogen) atoms. The fraction of sp³-hybridized carbons (Fsp3) is 0.533. The van der Waals surface area contributed by atoms with E-state index in [-0.39, 0.29) is 12.4 Å². The van der Waals surface area contributed by atoms with Crippen molar-refractivity contribution in [3.05, 3.63) is 34.8 Å². The second-order valence-electron chi connectivity index (χ2n) is 5.13. The largest absolute Gasteiger partial charge is 0.469 e. The highest BCUT2D eigenvalue weighted by Gasteiger charge is 2.41. The van der Waals surface area contributed by atoms with Crippen LogP contribution in [0.1, 0.15) is 33.1 Å². The summed E-state index contributed by atoms with van der Waals surface area (Å²) in [5.74, 6) is 1.26. The van der Waals surface area contributed by atoms with Crippen LogP contribution in [0.3, 0.4) is 0 Å². The van der Waals surface area contributed by atoms with Crippen LogP contribution in [0.5, 0.6) is 0 Å². The van der Waals surface area contributed by atoms with E-state index in [0.717, 1.165) is 35.5 Å². The van der Waals surface area contributed by atoms with Crippen molar-refractivity contribution in [1.29, 1.82) is 0 Å². The Bertz CT molecular complexity index is 484. The molecule has 4 nitrogen and oxygen atoms in total. The molecule has 0 saturated carbocycles. The zero-order valence-corrected chi connectivity index (χ0v) is 11.8. The van der Waals surface area contributed by atoms with Crippen LogP contribution in [0.2, 0.25) is 0 Å². The molecule has 2 aliphatic rings. The maximum Gasteiger partial charge on any atom is 0.309 e. The van der Waals surface area contributed by atoms with Gasteiger partial charge in [0.15, 0.2) is 5.57 Å². The van der Waals surface area contributed by atoms with Crippen molar-refractivity contribution in [2.45, 2.75) is 38.7 Å². The lowest BCUT2D eigenvalue weighted by atomic mass is 9.87. The number of ether oxygens (including phenoxy) is 3. The summed E-state index contributed by atoms with van der Waals surface area (Å²) >= 11 is 0. The van der Waals surface area contributed by atoms with Gasteiger partial charge in [-0.25, -0.2) is 0 Å². The summed E-state index contributed by atoms with van der Waals surface area (Å²) in [7, 11) is 3.03. The molecular weight excluding hydrogens is 244 g/mol. The van der Waals surface area contributed by atoms with Crippen molar-refractivity contribution in [2.24, 2.45) is 0 Å². The van der Waals surface area contributed by atoms with Crippen LogP contribution < -0.4 is 0 Å². The molecule has 102 valence electrons. The predicted octanol–water partition coefficient (Wildman–Crippen LogP) is 2.67. The van der Waals surface area contributed by atoms with Gasteiger partial charge in [0.05, 0.1) is 32.8 Å². The van der Waals surface area contributed by atoms with Crippen molar-refractivity contribution in [3.63, 3.8) is 0 Å². The van der Waals surface area contributed by atoms with Crippen molar-refractivity contribution >= 4 is 5.97 Å². The van der Waals surface area contributed by atoms with Crippen LogP contribution in [-0.2, 0) is 19.0 Å². The Morgan fingerprint density at radius 2 is 2.26 bits per heavy atom. The third-order valence-corrected chi connectivity index (χ3v) is 3.44. The van der Waals surface area contributed by atoms with Crippen LogP contribution >= 0.6 is 0 Å². The average molecular weight is 263 g/mol. The van der Waals surface area contributed by atoms with Gasteiger partial charge in [-0.05, 0) is 13.8 Å². The molecule has 0 aromatic carbocycles. The number of hydrogen-bond acceptors (Lipinski definition) is 4. The Morgan fingerprint density at radius 3 is 2.89 bits per heavy atom. The standard InChI is InChI=1S/C15H19O4/c1-10-7-12(17-3)11-5-6-15(2,9-14(16)18-4)19-13(11)8-10/h8H,5-6,9H2,1-4H3/q+1/t15-/m1/s1. The number of hydrogen-bond donors (Lipinski definition) is 0. The maximum atomic E-state index is 11.5. The number of rotatable bonds is 3. The van der Waals surface area contributed by atoms with Crippen LogP contribution in [0, 0.1) is 6.08 Å². The third kappa shape index (κ3) is 2.79. The highest BCUT2D eigenvalue weighted by Crippen LogP contribution is 2.39. The summed E-state index contributed by atoms with van der Waals surface area (Å²) in [6, 6.07) is 0. The van der Waals surface area contributed by atoms with Gasteiger partial charge in [0.25, 0.3) is 5.76 Å². The van der Waals surface area contributed by atoms with E-state index < -0.39 is 5.60 Å². The molecule has 0 aromatic rings. The molecule has 0 amide bonds. The Morgan fingerprint density at radius 1 is 1.53 bits per heavy atom. The van der Waals surface area contributed by atoms with Gasteiger partial charge in [-0.2, -0.15) is 0 Å². The van der Waals surface area contributed by atoms with E-state index in [4.69, 9.17) is 14.2 Å². The second-order valence-corrected chi connectivity index (χ2v) is 5.13. The van der Waals surface area contributed by atoms with Gasteiger partial charge in [-0.1, -0.05) is 0 Å². The van der Waals surface area contributed by atoms with Gasteiger partial charge in [0, 0.05) is 12.8 Å². The first kappa shape index (κ1) is 13.6. The molecule has 0 saturated heterocycles. The molecule has 0 N–H and O–H groups in total. The van der Waals surface area contributed by atoms with Gasteiger partial charge >= 0.3 is 5.97 Å². The summed E-state index contributed by atoms with van der Waals surface area (Å²) in [5.41, 5.74) is 1.46. The summed E-state index contributed by atoms with van der Waals surface area (Å²) in [4.78, 5) is 11.5. The SMILES string of the molecule is COC(=O)C[C@@]1(C)CCC2=C(C=C(C)[C+]=C2OC)O1. The van der Waals surface area contributed by atoms with E-state index in [2.05, 4.69) is 6.08 Å². The molecule has 0 unspecified atom stereocenters. The molecule has 0 fully saturated rings. The molecule has 0 bridgehead atoms. The number of esters is 1. The number of allylic oxidation sites excluding steroid dienone is 4. The smallest absolute Gasteiger partial charge is 0.309 e. The van der Waals surface area contributed by atoms with Crippen LogP contribution in [0.25, 0.3) is 0 Å². The zero-order valence-electron chi connectivity index (χ0n) is 11.8. The Hall–Kier alpha value is -1.80. The normalized spacial score (nSPS) is 25.5. The lowest BCUT2D eigenvalue weighted by Crippen LogP contribution is -2.35. The van der Waals surface area contributed by atoms with Gasteiger partial charge in [-0.3, -0.25) is 4.79 Å². The average Bonchev–Trinajstić information content (AvgIpc) is 2.36. The minimum absolute atomic E-state index is 0.253. The number of carbonyl (C=O) groups is 1. The minimum atomic E-state index is -0.515. The second kappa shape index (κ2) is 5.06. The van der Waals surface area contributed by atoms with Crippen molar-refractivity contribution in [3.8, 4) is 0 Å². The molecule has 1 aliphatic heterocycles. The van der Waals surface area contributed by atoms with Crippen LogP contribution in [0.4, 0.5) is 0 Å². The van der Waals surface area contributed by atoms with E-state index >= 15 is 0 Å². The first-order valence-corrected chi connectivity index (χ1v) is 6.33. The van der Waals surface area contributed by atoms with Crippen LogP contribution in [0.15, 0.2) is 28.7 Å². The van der Waals surface area contributed by atoms with E-state index in [1.807, 2.05) is 19.9 Å². The van der Waals surface area contributed by atoms with Gasteiger partial charge in [0.1, 0.15) is 11.2 Å². The van der Waals surface area contributed by atoms with Crippen molar-refractivity contribution in [2.75, 3.05) is 14.2 Å². The summed E-state index contributed by atoms with van der Waals surface area (Å²) in [6.45, 7) is 3.88. The van der Waals surface area contributed by atoms with Gasteiger partial charge < -0.3 is 14.2 Å². The number of carbonyl (C=O) groups excluding carboxylic acids is 1. The summed E-state index contributed by atoms with van der Waals surface area (Å²) in [6.07, 6.45) is 6.92. The molecule has 0 aromatic heterocycles. The third-order valence-electron chi connectivity index (χ3n) is 3.44. The fourth-order valence-electron chi connectivity index (χ4n) is 2.40. The van der Waals surface area contributed by atoms with Gasteiger partial charge in [-0.15, -0.1) is 0 Å². The zero-order chi connectivity index (χ0) is 14.0. The molecule has 1 heterocycles. The van der Waals surface area contributed by atoms with E-state index in [0.29, 0.717) is 0 Å². The summed E-state index contributed by atoms with van der Waals surface area (Å²) in [5, 5.41) is 0. The lowest BCUT2D eigenvalue weighted by Gasteiger charge is -2.33. The first-order valence-electron chi connectivity index (χ1n) is 6.33. The monoisotopic (exact) mass is 263 g/mol. The topological polar surface area (TPSA) is 44.8 Å². The summed E-state index contributed by atoms with van der Waals surface area (Å²) < 4.78 is 16.1. The quantitative estimate of drug-likeness (QED) is 0.580. The number of methoxy groups -OCH3 is 2. The van der Waals surface area contributed by atoms with E-state index in [1.165, 1.54) is 7.11 Å². The molecule has 0 radical (unpaired) electrons. The molecule has 4 heteroatoms. The Kier molecular flexibility index (Phi) is 3.63. The lowest BCUT2D eigenvalue weighted by molar-refractivity contribution is -0.147. The fourth-order valence-corrected chi connectivity index (χ4v) is 2.40. The van der Waals surface area contributed by atoms with Gasteiger partial charge in [0.2, 0.25) is 5.76 Å². The molecule has 2 rings (SSSR count). The first-order chi connectivity index (χ1) is 8.97. The molecule has 0 spiro atoms. The van der Waals surface area contributed by atoms with E-state index in [1.54, 1.807) is 7.11 Å². The Labute approximate surface area is 113 Å². The minimum Gasteiger partial charge on any atom is -0.469 e. The Balaban J connectivity index is 2.23. The molecular formula is C15H19O4+. The maximum absolute atomic E-state index is 11.5. The predicted molar refractivity (Wildman–Crippen MR) is 69.9 cm³/mol. The highest BCUT2D eigenvalue weighted by atomic mass is 16.5. The highest BCUT2D eigenvalue weighted by molar-refractivity contribution is 5.70. The van der Waals surface area contributed by atoms with Crippen LogP contribution in [-0.4, -0.2) is 25.8 Å². The van der Waals surface area contributed by atoms with Crippen molar-refractivity contribution < 1.29 is 19.0 Å². The van der Waals surface area contributed by atoms with E-state index in [9.17, 15) is 4.79 Å². The van der Waals surface area contributed by atoms with Crippen molar-refractivity contribution in [1.82, 2.24) is 0 Å². The molecule has 1 aliphatic carbocycles.